The Labute approximate surface area is 205 Å². The van der Waals surface area contributed by atoms with Gasteiger partial charge in [-0.2, -0.15) is 18.3 Å². The number of nitrogens with two attached hydrogens (primary N) is 1. The van der Waals surface area contributed by atoms with Crippen molar-refractivity contribution in [1.82, 2.24) is 30.3 Å². The molecular weight excluding hydrogens is 495 g/mol. The molecule has 3 N–H and O–H groups in total. The second-order valence-electron chi connectivity index (χ2n) is 7.95. The standard InChI is InChI=1S/C23H18F3N7O2S/c1-12(27)20(34)28-10-13-3-2-4-15(7-13)33-17(9-19(32-33)23(24,25)26)22-31-30-21(35-22)14-5-6-16-18(8-14)36-11-29-16/h2-9,11-12H,10,27H2,1H3,(H,28,34)/t12-/m0/s1. The van der Waals surface area contributed by atoms with Crippen LogP contribution in [0.4, 0.5) is 13.2 Å². The number of alkyl halides is 3. The molecule has 0 bridgehead atoms. The van der Waals surface area contributed by atoms with E-state index in [2.05, 4.69) is 25.6 Å². The molecule has 2 aromatic carbocycles. The zero-order chi connectivity index (χ0) is 25.4. The van der Waals surface area contributed by atoms with Gasteiger partial charge in [0.2, 0.25) is 11.8 Å². The van der Waals surface area contributed by atoms with Crippen LogP contribution in [-0.4, -0.2) is 36.9 Å². The van der Waals surface area contributed by atoms with E-state index in [9.17, 15) is 18.0 Å². The number of halogens is 3. The van der Waals surface area contributed by atoms with Crippen molar-refractivity contribution in [3.8, 4) is 28.7 Å². The van der Waals surface area contributed by atoms with Gasteiger partial charge in [-0.25, -0.2) is 9.67 Å². The first kappa shape index (κ1) is 23.6. The van der Waals surface area contributed by atoms with E-state index >= 15 is 0 Å². The van der Waals surface area contributed by atoms with E-state index in [-0.39, 0.29) is 29.9 Å². The molecule has 0 radical (unpaired) electrons. The third kappa shape index (κ3) is 4.70. The Morgan fingerprint density at radius 3 is 2.75 bits per heavy atom. The summed E-state index contributed by atoms with van der Waals surface area (Å²) in [6, 6.07) is 12.1. The van der Waals surface area contributed by atoms with Gasteiger partial charge >= 0.3 is 6.18 Å². The maximum absolute atomic E-state index is 13.6. The number of fused-ring (bicyclic) bond motifs is 1. The monoisotopic (exact) mass is 513 g/mol. The smallest absolute Gasteiger partial charge is 0.415 e. The molecule has 0 aliphatic heterocycles. The Bertz CT molecular complexity index is 1550. The van der Waals surface area contributed by atoms with Crippen LogP contribution in [0.25, 0.3) is 38.9 Å². The fourth-order valence-electron chi connectivity index (χ4n) is 3.45. The predicted molar refractivity (Wildman–Crippen MR) is 126 cm³/mol. The molecule has 0 unspecified atom stereocenters. The molecule has 3 aromatic heterocycles. The molecule has 0 saturated heterocycles. The van der Waals surface area contributed by atoms with Crippen LogP contribution in [0.1, 0.15) is 18.2 Å². The highest BCUT2D eigenvalue weighted by atomic mass is 32.1. The average Bonchev–Trinajstić information content (AvgIpc) is 3.60. The highest BCUT2D eigenvalue weighted by molar-refractivity contribution is 7.16. The SMILES string of the molecule is C[C@H](N)C(=O)NCc1cccc(-n2nc(C(F)(F)F)cc2-c2nnc(-c3ccc4ncsc4c3)o2)c1. The molecule has 13 heteroatoms. The van der Waals surface area contributed by atoms with Crippen molar-refractivity contribution in [3.63, 3.8) is 0 Å². The van der Waals surface area contributed by atoms with Crippen molar-refractivity contribution in [2.24, 2.45) is 5.73 Å². The first-order valence-corrected chi connectivity index (χ1v) is 11.5. The fourth-order valence-corrected chi connectivity index (χ4v) is 4.16. The maximum atomic E-state index is 13.6. The van der Waals surface area contributed by atoms with Gasteiger partial charge in [0.15, 0.2) is 5.69 Å². The number of carbonyl (C=O) groups is 1. The summed E-state index contributed by atoms with van der Waals surface area (Å²) in [5.41, 5.74) is 8.50. The molecule has 1 atom stereocenters. The summed E-state index contributed by atoms with van der Waals surface area (Å²) in [7, 11) is 0. The lowest BCUT2D eigenvalue weighted by molar-refractivity contribution is -0.141. The summed E-state index contributed by atoms with van der Waals surface area (Å²) < 4.78 is 48.4. The minimum atomic E-state index is -4.69. The van der Waals surface area contributed by atoms with E-state index < -0.39 is 17.9 Å². The Kier molecular flexibility index (Phi) is 6.02. The van der Waals surface area contributed by atoms with E-state index in [0.29, 0.717) is 16.8 Å². The van der Waals surface area contributed by atoms with Crippen LogP contribution >= 0.6 is 11.3 Å². The summed E-state index contributed by atoms with van der Waals surface area (Å²) in [6.07, 6.45) is -4.69. The predicted octanol–water partition coefficient (Wildman–Crippen LogP) is 4.18. The third-order valence-electron chi connectivity index (χ3n) is 5.26. The summed E-state index contributed by atoms with van der Waals surface area (Å²) in [5.74, 6) is -0.337. The van der Waals surface area contributed by atoms with Gasteiger partial charge in [-0.3, -0.25) is 4.79 Å². The minimum Gasteiger partial charge on any atom is -0.415 e. The van der Waals surface area contributed by atoms with Gasteiger partial charge < -0.3 is 15.5 Å². The van der Waals surface area contributed by atoms with Crippen molar-refractivity contribution >= 4 is 27.5 Å². The van der Waals surface area contributed by atoms with E-state index in [1.165, 1.54) is 11.3 Å². The second kappa shape index (κ2) is 9.17. The highest BCUT2D eigenvalue weighted by Gasteiger charge is 2.36. The Morgan fingerprint density at radius 2 is 1.97 bits per heavy atom. The normalized spacial score (nSPS) is 12.7. The molecule has 1 amide bonds. The third-order valence-corrected chi connectivity index (χ3v) is 6.05. The summed E-state index contributed by atoms with van der Waals surface area (Å²) in [6.45, 7) is 1.69. The molecule has 5 aromatic rings. The molecule has 36 heavy (non-hydrogen) atoms. The zero-order valence-electron chi connectivity index (χ0n) is 18.7. The van der Waals surface area contributed by atoms with Crippen LogP contribution < -0.4 is 11.1 Å². The van der Waals surface area contributed by atoms with Crippen molar-refractivity contribution in [3.05, 3.63) is 65.3 Å². The molecule has 184 valence electrons. The van der Waals surface area contributed by atoms with Gasteiger partial charge in [0.05, 0.1) is 27.5 Å². The number of hydrogen-bond donors (Lipinski definition) is 2. The molecule has 3 heterocycles. The van der Waals surface area contributed by atoms with Crippen LogP contribution in [0.15, 0.2) is 58.5 Å². The number of rotatable bonds is 6. The number of carbonyl (C=O) groups excluding carboxylic acids is 1. The molecule has 5 rings (SSSR count). The number of benzene rings is 2. The van der Waals surface area contributed by atoms with E-state index in [4.69, 9.17) is 10.2 Å². The molecule has 0 spiro atoms. The average molecular weight is 514 g/mol. The summed E-state index contributed by atoms with van der Waals surface area (Å²) >= 11 is 1.44. The Balaban J connectivity index is 1.52. The van der Waals surface area contributed by atoms with Gasteiger partial charge in [0, 0.05) is 18.2 Å². The molecule has 0 aliphatic rings. The molecule has 0 saturated carbocycles. The number of aromatic nitrogens is 5. The first-order chi connectivity index (χ1) is 17.2. The lowest BCUT2D eigenvalue weighted by Gasteiger charge is -2.10. The zero-order valence-corrected chi connectivity index (χ0v) is 19.5. The first-order valence-electron chi connectivity index (χ1n) is 10.7. The van der Waals surface area contributed by atoms with Crippen LogP contribution in [0.2, 0.25) is 0 Å². The summed E-state index contributed by atoms with van der Waals surface area (Å²) in [4.78, 5) is 16.0. The van der Waals surface area contributed by atoms with Gasteiger partial charge in [-0.15, -0.1) is 21.5 Å². The fraction of sp³-hybridized carbons (Fsp3) is 0.174. The lowest BCUT2D eigenvalue weighted by atomic mass is 10.2. The van der Waals surface area contributed by atoms with Crippen molar-refractivity contribution in [2.45, 2.75) is 25.7 Å². The Morgan fingerprint density at radius 1 is 1.17 bits per heavy atom. The number of nitrogens with one attached hydrogen (secondary N) is 1. The van der Waals surface area contributed by atoms with E-state index in [0.717, 1.165) is 21.0 Å². The number of thiazole rings is 1. The second-order valence-corrected chi connectivity index (χ2v) is 8.83. The number of hydrogen-bond acceptors (Lipinski definition) is 8. The van der Waals surface area contributed by atoms with E-state index in [1.54, 1.807) is 48.8 Å². The van der Waals surface area contributed by atoms with Crippen LogP contribution in [0.3, 0.4) is 0 Å². The van der Waals surface area contributed by atoms with Crippen LogP contribution in [0.5, 0.6) is 0 Å². The number of nitrogens with zero attached hydrogens (tertiary/aromatic N) is 5. The minimum absolute atomic E-state index is 0.0308. The number of amides is 1. The molecule has 9 nitrogen and oxygen atoms in total. The van der Waals surface area contributed by atoms with Crippen molar-refractivity contribution in [2.75, 3.05) is 0 Å². The molecular formula is C23H18F3N7O2S. The molecule has 0 aliphatic carbocycles. The van der Waals surface area contributed by atoms with Gasteiger partial charge in [0.25, 0.3) is 5.89 Å². The quantitative estimate of drug-likeness (QED) is 0.349. The van der Waals surface area contributed by atoms with Crippen LogP contribution in [-0.2, 0) is 17.5 Å². The maximum Gasteiger partial charge on any atom is 0.435 e. The van der Waals surface area contributed by atoms with Gasteiger partial charge in [-0.05, 0) is 42.8 Å². The highest BCUT2D eigenvalue weighted by Crippen LogP contribution is 2.34. The van der Waals surface area contributed by atoms with Gasteiger partial charge in [-0.1, -0.05) is 12.1 Å². The lowest BCUT2D eigenvalue weighted by Crippen LogP contribution is -2.37. The van der Waals surface area contributed by atoms with E-state index in [1.807, 2.05) is 6.07 Å². The van der Waals surface area contributed by atoms with Crippen molar-refractivity contribution < 1.29 is 22.4 Å². The topological polar surface area (TPSA) is 125 Å². The summed E-state index contributed by atoms with van der Waals surface area (Å²) in [5, 5.41) is 14.4. The van der Waals surface area contributed by atoms with Crippen LogP contribution in [0, 0.1) is 0 Å². The molecule has 0 fully saturated rings. The largest absolute Gasteiger partial charge is 0.435 e. The van der Waals surface area contributed by atoms with Crippen molar-refractivity contribution in [1.29, 1.82) is 0 Å². The Hall–Kier alpha value is -4.10. The van der Waals surface area contributed by atoms with Gasteiger partial charge in [0.1, 0.15) is 5.69 Å².